The highest BCUT2D eigenvalue weighted by Gasteiger charge is 2.26. The Morgan fingerprint density at radius 2 is 1.69 bits per heavy atom. The third-order valence-corrected chi connectivity index (χ3v) is 8.07. The van der Waals surface area contributed by atoms with E-state index in [0.717, 1.165) is 31.1 Å². The van der Waals surface area contributed by atoms with Crippen molar-refractivity contribution in [2.45, 2.75) is 51.0 Å². The summed E-state index contributed by atoms with van der Waals surface area (Å²) in [6.45, 7) is 0. The van der Waals surface area contributed by atoms with Gasteiger partial charge in [0.25, 0.3) is 11.1 Å². The van der Waals surface area contributed by atoms with Crippen LogP contribution >= 0.6 is 0 Å². The number of pyridine rings is 2. The molecule has 4 heterocycles. The van der Waals surface area contributed by atoms with E-state index < -0.39 is 0 Å². The number of ether oxygens (including phenoxy) is 1. The van der Waals surface area contributed by atoms with Gasteiger partial charge in [-0.1, -0.05) is 32.1 Å². The number of nitrogens with one attached hydrogen (secondary N) is 3. The first-order valence-corrected chi connectivity index (χ1v) is 13.5. The number of furan rings is 1. The van der Waals surface area contributed by atoms with E-state index in [1.54, 1.807) is 31.4 Å². The van der Waals surface area contributed by atoms with Gasteiger partial charge in [0.15, 0.2) is 11.0 Å². The van der Waals surface area contributed by atoms with Crippen molar-refractivity contribution in [3.8, 4) is 16.9 Å². The van der Waals surface area contributed by atoms with E-state index in [0.29, 0.717) is 55.5 Å². The van der Waals surface area contributed by atoms with Crippen molar-refractivity contribution in [3.63, 3.8) is 0 Å². The summed E-state index contributed by atoms with van der Waals surface area (Å²) in [7, 11) is 1.59. The number of aromatic amines is 3. The molecule has 1 saturated carbocycles. The smallest absolute Gasteiger partial charge is 0.274 e. The molecule has 198 valence electrons. The van der Waals surface area contributed by atoms with Crippen LogP contribution in [0.4, 0.5) is 0 Å². The van der Waals surface area contributed by atoms with Crippen LogP contribution in [0.1, 0.15) is 51.0 Å². The molecule has 0 spiro atoms. The molecule has 1 aliphatic carbocycles. The zero-order valence-electron chi connectivity index (χ0n) is 21.6. The van der Waals surface area contributed by atoms with E-state index in [1.807, 2.05) is 10.7 Å². The predicted molar refractivity (Wildman–Crippen MR) is 152 cm³/mol. The Balaban J connectivity index is 1.60. The maximum Gasteiger partial charge on any atom is 0.274 e. The van der Waals surface area contributed by atoms with Gasteiger partial charge in [-0.25, -0.2) is 0 Å². The molecule has 3 N–H and O–H groups in total. The van der Waals surface area contributed by atoms with Gasteiger partial charge in [0.05, 0.1) is 29.6 Å². The van der Waals surface area contributed by atoms with Crippen molar-refractivity contribution < 1.29 is 9.15 Å². The molecule has 7 rings (SSSR count). The standard InChI is InChI=1S/C30H28N4O5/c1-38-19-10-12-22-16(13-19)14-21(29(36)31-22)24-25-28(32-26-20-11-9-18(35)15-23(20)39-27(24)26)34(33-30(25)37)17-7-5-3-2-4-6-8-17/h9-15,17,32H,2-8H2,1H3,(H,31,36)(H,33,37). The molecule has 1 aliphatic rings. The topological polar surface area (TPSA) is 126 Å². The second-order valence-corrected chi connectivity index (χ2v) is 10.5. The van der Waals surface area contributed by atoms with Gasteiger partial charge in [0.1, 0.15) is 17.0 Å². The summed E-state index contributed by atoms with van der Waals surface area (Å²) in [6, 6.07) is 11.9. The fourth-order valence-electron chi connectivity index (χ4n) is 6.13. The summed E-state index contributed by atoms with van der Waals surface area (Å²) in [4.78, 5) is 45.8. The lowest BCUT2D eigenvalue weighted by Crippen LogP contribution is -2.15. The number of hydrogen-bond acceptors (Lipinski definition) is 5. The van der Waals surface area contributed by atoms with Crippen molar-refractivity contribution >= 4 is 44.0 Å². The molecule has 0 aliphatic heterocycles. The van der Waals surface area contributed by atoms with Crippen LogP contribution in [-0.2, 0) is 0 Å². The number of rotatable bonds is 3. The fourth-order valence-corrected chi connectivity index (χ4v) is 6.13. The quantitative estimate of drug-likeness (QED) is 0.273. The Hall–Kier alpha value is -4.53. The van der Waals surface area contributed by atoms with Crippen molar-refractivity contribution in [1.82, 2.24) is 19.7 Å². The Bertz CT molecular complexity index is 2070. The summed E-state index contributed by atoms with van der Waals surface area (Å²) >= 11 is 0. The minimum absolute atomic E-state index is 0.127. The van der Waals surface area contributed by atoms with E-state index in [2.05, 4.69) is 15.1 Å². The number of nitrogens with zero attached hydrogens (tertiary/aromatic N) is 1. The van der Waals surface area contributed by atoms with Gasteiger partial charge in [-0.15, -0.1) is 0 Å². The summed E-state index contributed by atoms with van der Waals surface area (Å²) in [5, 5.41) is 4.91. The van der Waals surface area contributed by atoms with Gasteiger partial charge in [-0.2, -0.15) is 0 Å². The average Bonchev–Trinajstić information content (AvgIpc) is 3.43. The van der Waals surface area contributed by atoms with E-state index in [1.165, 1.54) is 31.4 Å². The van der Waals surface area contributed by atoms with Gasteiger partial charge >= 0.3 is 0 Å². The van der Waals surface area contributed by atoms with Crippen molar-refractivity contribution in [2.24, 2.45) is 0 Å². The zero-order valence-corrected chi connectivity index (χ0v) is 21.6. The molecule has 0 bridgehead atoms. The molecule has 1 fully saturated rings. The van der Waals surface area contributed by atoms with Gasteiger partial charge in [-0.05, 0) is 49.2 Å². The van der Waals surface area contributed by atoms with Gasteiger partial charge in [0, 0.05) is 27.9 Å². The summed E-state index contributed by atoms with van der Waals surface area (Å²) < 4.78 is 13.6. The molecule has 4 aromatic heterocycles. The average molecular weight is 525 g/mol. The molecule has 0 radical (unpaired) electrons. The second kappa shape index (κ2) is 9.04. The molecule has 0 amide bonds. The van der Waals surface area contributed by atoms with Crippen LogP contribution < -0.4 is 21.3 Å². The summed E-state index contributed by atoms with van der Waals surface area (Å²) in [6.07, 6.45) is 7.71. The fraction of sp³-hybridized carbons (Fsp3) is 0.300. The van der Waals surface area contributed by atoms with E-state index in [4.69, 9.17) is 9.15 Å². The van der Waals surface area contributed by atoms with E-state index in [9.17, 15) is 14.4 Å². The summed E-state index contributed by atoms with van der Waals surface area (Å²) in [5.41, 5.74) is 2.55. The lowest BCUT2D eigenvalue weighted by molar-refractivity contribution is 0.353. The Morgan fingerprint density at radius 1 is 0.897 bits per heavy atom. The first-order valence-electron chi connectivity index (χ1n) is 13.5. The SMILES string of the molecule is COc1ccc2[nH]c(=O)c(-c3c4oc5cc(=O)ccc5c4[nH]c4c3c(=O)[nH]n4C3CCCCCCC3)cc2c1. The normalized spacial score (nSPS) is 15.3. The van der Waals surface area contributed by atoms with Gasteiger partial charge in [-0.3, -0.25) is 24.2 Å². The molecule has 0 saturated heterocycles. The number of benzene rings is 2. The molecule has 6 aromatic rings. The number of aromatic nitrogens is 4. The molecule has 0 unspecified atom stereocenters. The monoisotopic (exact) mass is 524 g/mol. The molecule has 9 heteroatoms. The lowest BCUT2D eigenvalue weighted by Gasteiger charge is -2.21. The third-order valence-electron chi connectivity index (χ3n) is 8.07. The number of H-pyrrole nitrogens is 3. The Kier molecular flexibility index (Phi) is 5.47. The van der Waals surface area contributed by atoms with Gasteiger partial charge < -0.3 is 19.1 Å². The van der Waals surface area contributed by atoms with E-state index >= 15 is 0 Å². The molecule has 39 heavy (non-hydrogen) atoms. The van der Waals surface area contributed by atoms with Crippen LogP contribution in [0.3, 0.4) is 0 Å². The molecule has 9 nitrogen and oxygen atoms in total. The van der Waals surface area contributed by atoms with Crippen LogP contribution in [0, 0.1) is 0 Å². The van der Waals surface area contributed by atoms with Crippen molar-refractivity contribution in [2.75, 3.05) is 7.11 Å². The molecule has 0 atom stereocenters. The lowest BCUT2D eigenvalue weighted by atomic mass is 9.96. The highest BCUT2D eigenvalue weighted by Crippen LogP contribution is 2.39. The highest BCUT2D eigenvalue weighted by atomic mass is 16.5. The maximum absolute atomic E-state index is 13.7. The third kappa shape index (κ3) is 3.79. The Labute approximate surface area is 221 Å². The van der Waals surface area contributed by atoms with Crippen LogP contribution in [0.5, 0.6) is 5.75 Å². The predicted octanol–water partition coefficient (Wildman–Crippen LogP) is 5.72. The Morgan fingerprint density at radius 3 is 2.49 bits per heavy atom. The number of fused-ring (bicyclic) bond motifs is 5. The maximum atomic E-state index is 13.7. The first-order chi connectivity index (χ1) is 19.0. The minimum atomic E-state index is -0.343. The number of methoxy groups -OCH3 is 1. The van der Waals surface area contributed by atoms with Gasteiger partial charge in [0.2, 0.25) is 0 Å². The van der Waals surface area contributed by atoms with Crippen LogP contribution in [0.15, 0.2) is 61.3 Å². The summed E-state index contributed by atoms with van der Waals surface area (Å²) in [5.74, 6) is 0.650. The van der Waals surface area contributed by atoms with Crippen LogP contribution in [0.25, 0.3) is 55.1 Å². The van der Waals surface area contributed by atoms with Crippen LogP contribution in [-0.4, -0.2) is 26.9 Å². The van der Waals surface area contributed by atoms with Crippen molar-refractivity contribution in [3.05, 3.63) is 73.4 Å². The zero-order chi connectivity index (χ0) is 26.7. The molecular formula is C30H28N4O5. The largest absolute Gasteiger partial charge is 0.497 e. The number of hydrogen-bond donors (Lipinski definition) is 3. The minimum Gasteiger partial charge on any atom is -0.497 e. The van der Waals surface area contributed by atoms with E-state index in [-0.39, 0.29) is 22.6 Å². The highest BCUT2D eigenvalue weighted by molar-refractivity contribution is 6.14. The van der Waals surface area contributed by atoms with Crippen molar-refractivity contribution in [1.29, 1.82) is 0 Å². The first kappa shape index (κ1) is 23.6. The molecular weight excluding hydrogens is 496 g/mol. The second-order valence-electron chi connectivity index (χ2n) is 10.5. The molecule has 2 aromatic carbocycles. The van der Waals surface area contributed by atoms with Crippen LogP contribution in [0.2, 0.25) is 0 Å².